The molecule has 1 rings (SSSR count). The molecule has 1 heterocycles. The summed E-state index contributed by atoms with van der Waals surface area (Å²) in [5, 5.41) is 14.7. The lowest BCUT2D eigenvalue weighted by atomic mass is 10.6. The molecule has 1 saturated heterocycles. The van der Waals surface area contributed by atoms with Gasteiger partial charge in [0.05, 0.1) is 32.5 Å². The van der Waals surface area contributed by atoms with Crippen molar-refractivity contribution in [1.82, 2.24) is 6.15 Å². The molecule has 0 unspecified atom stereocenters. The van der Waals surface area contributed by atoms with Gasteiger partial charge in [-0.05, 0) is 0 Å². The van der Waals surface area contributed by atoms with Gasteiger partial charge in [-0.25, -0.2) is 0 Å². The van der Waals surface area contributed by atoms with E-state index in [0.717, 1.165) is 33.4 Å². The van der Waals surface area contributed by atoms with E-state index in [1.807, 2.05) is 0 Å². The second kappa shape index (κ2) is 17.8. The summed E-state index contributed by atoms with van der Waals surface area (Å²) in [6.07, 6.45) is 0. The van der Waals surface area contributed by atoms with E-state index in [-0.39, 0.29) is 6.15 Å². The number of nitrogens with zero attached hydrogens (tertiary/aromatic N) is 1. The molecule has 1 aliphatic rings. The Kier molecular flexibility index (Phi) is 23.6. The third kappa shape index (κ3) is 44.8. The molecule has 0 bridgehead atoms. The van der Waals surface area contributed by atoms with Gasteiger partial charge in [-0.15, -0.1) is 0 Å². The van der Waals surface area contributed by atoms with E-state index in [0.29, 0.717) is 0 Å². The van der Waals surface area contributed by atoms with Crippen LogP contribution in [-0.2, 0) is 14.3 Å². The van der Waals surface area contributed by atoms with Gasteiger partial charge in [0, 0.05) is 13.8 Å². The van der Waals surface area contributed by atoms with Crippen LogP contribution in [0.25, 0.3) is 0 Å². The Morgan fingerprint density at radius 3 is 1.50 bits per heavy atom. The predicted octanol–water partition coefficient (Wildman–Crippen LogP) is 0.816. The average molecular weight is 206 g/mol. The first-order valence-electron chi connectivity index (χ1n) is 3.81. The van der Waals surface area contributed by atoms with Gasteiger partial charge >= 0.3 is 0 Å². The Labute approximate surface area is 84.0 Å². The molecule has 84 valence electrons. The van der Waals surface area contributed by atoms with Crippen LogP contribution in [0.4, 0.5) is 0 Å². The monoisotopic (exact) mass is 206 g/mol. The Bertz CT molecular complexity index is 136. The summed E-state index contributed by atoms with van der Waals surface area (Å²) < 4.78 is 9.89. The number of carboxylic acid groups (broad SMARTS) is 1. The number of hydrogen-bond acceptors (Lipinski definition) is 5. The molecule has 0 atom stereocenters. The predicted molar refractivity (Wildman–Crippen MR) is 51.3 cm³/mol. The zero-order chi connectivity index (χ0) is 10.5. The summed E-state index contributed by atoms with van der Waals surface area (Å²) in [7, 11) is 0. The van der Waals surface area contributed by atoms with Crippen molar-refractivity contribution in [2.24, 2.45) is 0 Å². The minimum atomic E-state index is -0.833. The lowest BCUT2D eigenvalue weighted by Crippen LogP contribution is -2.16. The van der Waals surface area contributed by atoms with Gasteiger partial charge in [0.1, 0.15) is 0 Å². The fourth-order valence-corrected chi connectivity index (χ4v) is 0.440. The van der Waals surface area contributed by atoms with Crippen LogP contribution in [0.3, 0.4) is 0 Å². The first-order chi connectivity index (χ1) is 6.15. The molecule has 1 fully saturated rings. The zero-order valence-electron chi connectivity index (χ0n) is 8.65. The number of aliphatic carboxylic acids is 1. The lowest BCUT2D eigenvalue weighted by molar-refractivity contribution is -0.134. The molecule has 0 spiro atoms. The summed E-state index contributed by atoms with van der Waals surface area (Å²) in [5.74, 6) is -0.833. The second-order valence-corrected chi connectivity index (χ2v) is 1.97. The van der Waals surface area contributed by atoms with Crippen LogP contribution in [0.15, 0.2) is 0 Å². The van der Waals surface area contributed by atoms with E-state index in [2.05, 4.69) is 0 Å². The number of carboxylic acids is 1. The van der Waals surface area contributed by atoms with E-state index in [4.69, 9.17) is 24.6 Å². The van der Waals surface area contributed by atoms with Crippen molar-refractivity contribution in [3.63, 3.8) is 0 Å². The summed E-state index contributed by atoms with van der Waals surface area (Å²) in [5.41, 5.74) is 0. The number of nitriles is 1. The van der Waals surface area contributed by atoms with Crippen LogP contribution < -0.4 is 6.15 Å². The van der Waals surface area contributed by atoms with Gasteiger partial charge in [-0.3, -0.25) is 4.79 Å². The molecule has 0 aromatic heterocycles. The molecule has 0 aromatic rings. The van der Waals surface area contributed by atoms with E-state index >= 15 is 0 Å². The topological polar surface area (TPSA) is 115 Å². The zero-order valence-corrected chi connectivity index (χ0v) is 8.65. The van der Waals surface area contributed by atoms with E-state index in [9.17, 15) is 0 Å². The van der Waals surface area contributed by atoms with Gasteiger partial charge in [0.15, 0.2) is 0 Å². The maximum absolute atomic E-state index is 9.00. The molecule has 6 heteroatoms. The van der Waals surface area contributed by atoms with Crippen molar-refractivity contribution in [3.8, 4) is 6.07 Å². The third-order valence-corrected chi connectivity index (χ3v) is 0.744. The minimum absolute atomic E-state index is 0. The highest BCUT2D eigenvalue weighted by Gasteiger charge is 1.94. The van der Waals surface area contributed by atoms with Crippen molar-refractivity contribution in [1.29, 1.82) is 5.26 Å². The van der Waals surface area contributed by atoms with Gasteiger partial charge in [-0.2, -0.15) is 5.26 Å². The van der Waals surface area contributed by atoms with Gasteiger partial charge in [0.25, 0.3) is 5.97 Å². The van der Waals surface area contributed by atoms with Crippen LogP contribution in [0, 0.1) is 11.3 Å². The van der Waals surface area contributed by atoms with Crippen LogP contribution in [0.2, 0.25) is 0 Å². The molecular weight excluding hydrogens is 188 g/mol. The Morgan fingerprint density at radius 2 is 1.43 bits per heavy atom. The van der Waals surface area contributed by atoms with E-state index in [1.54, 1.807) is 6.07 Å². The molecule has 1 aliphatic heterocycles. The van der Waals surface area contributed by atoms with E-state index < -0.39 is 5.97 Å². The SMILES string of the molecule is C1COCCO1.CC#N.CC(=O)O.N. The molecule has 0 aromatic carbocycles. The summed E-state index contributed by atoms with van der Waals surface area (Å²) in [6.45, 7) is 5.62. The largest absolute Gasteiger partial charge is 0.481 e. The average Bonchev–Trinajstić information content (AvgIpc) is 2.08. The van der Waals surface area contributed by atoms with Gasteiger partial charge in [-0.1, -0.05) is 0 Å². The summed E-state index contributed by atoms with van der Waals surface area (Å²) >= 11 is 0. The molecule has 0 radical (unpaired) electrons. The van der Waals surface area contributed by atoms with Gasteiger partial charge < -0.3 is 20.7 Å². The lowest BCUT2D eigenvalue weighted by Gasteiger charge is -2.09. The van der Waals surface area contributed by atoms with E-state index in [1.165, 1.54) is 6.92 Å². The third-order valence-electron chi connectivity index (χ3n) is 0.744. The molecular formula is C8H18N2O4. The fraction of sp³-hybridized carbons (Fsp3) is 0.750. The summed E-state index contributed by atoms with van der Waals surface area (Å²) in [6, 6.07) is 1.75. The van der Waals surface area contributed by atoms with Crippen molar-refractivity contribution in [2.75, 3.05) is 26.4 Å². The van der Waals surface area contributed by atoms with Crippen LogP contribution in [-0.4, -0.2) is 37.5 Å². The number of ether oxygens (including phenoxy) is 2. The van der Waals surface area contributed by atoms with Crippen molar-refractivity contribution >= 4 is 5.97 Å². The number of hydrogen-bond donors (Lipinski definition) is 2. The highest BCUT2D eigenvalue weighted by atomic mass is 16.6. The maximum Gasteiger partial charge on any atom is 0.300 e. The number of rotatable bonds is 0. The molecule has 6 nitrogen and oxygen atoms in total. The van der Waals surface area contributed by atoms with Gasteiger partial charge in [0.2, 0.25) is 0 Å². The summed E-state index contributed by atoms with van der Waals surface area (Å²) in [4.78, 5) is 9.00. The van der Waals surface area contributed by atoms with Crippen molar-refractivity contribution in [3.05, 3.63) is 0 Å². The molecule has 0 aliphatic carbocycles. The highest BCUT2D eigenvalue weighted by Crippen LogP contribution is 1.85. The molecule has 14 heavy (non-hydrogen) atoms. The first kappa shape index (κ1) is 18.6. The fourth-order valence-electron chi connectivity index (χ4n) is 0.440. The molecule has 4 N–H and O–H groups in total. The standard InChI is InChI=1S/C4H8O2.C2H3N.C2H4O2.H3N/c1-2-6-4-3-5-1;1-2-3;1-2(3)4;/h1-4H2;1H3;1H3,(H,3,4);1H3. The Morgan fingerprint density at radius 1 is 1.29 bits per heavy atom. The smallest absolute Gasteiger partial charge is 0.300 e. The Balaban J connectivity index is -0.000000135. The Hall–Kier alpha value is -1.16. The van der Waals surface area contributed by atoms with Crippen LogP contribution >= 0.6 is 0 Å². The molecule has 0 amide bonds. The molecule has 0 saturated carbocycles. The van der Waals surface area contributed by atoms with Crippen molar-refractivity contribution in [2.45, 2.75) is 13.8 Å². The van der Waals surface area contributed by atoms with Crippen LogP contribution in [0.5, 0.6) is 0 Å². The quantitative estimate of drug-likeness (QED) is 0.606. The van der Waals surface area contributed by atoms with Crippen molar-refractivity contribution < 1.29 is 19.4 Å². The van der Waals surface area contributed by atoms with Crippen LogP contribution in [0.1, 0.15) is 13.8 Å². The highest BCUT2D eigenvalue weighted by molar-refractivity contribution is 5.62. The maximum atomic E-state index is 9.00. The number of carbonyl (C=O) groups is 1. The minimum Gasteiger partial charge on any atom is -0.481 e. The second-order valence-electron chi connectivity index (χ2n) is 1.97. The normalized spacial score (nSPS) is 12.6. The first-order valence-corrected chi connectivity index (χ1v) is 3.81.